The standard InChI is InChI=1S/C12H16BrClN2.ClH/c1-15-11-4-5-16(8-11)7-9-6-10(14)2-3-12(9)13;/h2-3,6,11,15H,4-5,7-8H2,1H3;1H. The second-order valence-electron chi connectivity index (χ2n) is 4.25. The van der Waals surface area contributed by atoms with E-state index in [1.807, 2.05) is 25.2 Å². The van der Waals surface area contributed by atoms with Crippen LogP contribution < -0.4 is 5.32 Å². The Kier molecular flexibility index (Phi) is 6.24. The third-order valence-electron chi connectivity index (χ3n) is 3.08. The van der Waals surface area contributed by atoms with Gasteiger partial charge < -0.3 is 5.32 Å². The highest BCUT2D eigenvalue weighted by Gasteiger charge is 2.21. The minimum absolute atomic E-state index is 0. The van der Waals surface area contributed by atoms with Gasteiger partial charge >= 0.3 is 0 Å². The van der Waals surface area contributed by atoms with Gasteiger partial charge in [-0.3, -0.25) is 4.90 Å². The summed E-state index contributed by atoms with van der Waals surface area (Å²) >= 11 is 9.58. The normalized spacial score (nSPS) is 20.3. The van der Waals surface area contributed by atoms with E-state index in [1.54, 1.807) is 0 Å². The van der Waals surface area contributed by atoms with Crippen LogP contribution in [0.4, 0.5) is 0 Å². The molecule has 1 aliphatic heterocycles. The van der Waals surface area contributed by atoms with E-state index in [1.165, 1.54) is 12.0 Å². The highest BCUT2D eigenvalue weighted by molar-refractivity contribution is 9.10. The van der Waals surface area contributed by atoms with E-state index in [0.29, 0.717) is 6.04 Å². The number of nitrogens with one attached hydrogen (secondary N) is 1. The molecule has 1 fully saturated rings. The molecule has 1 N–H and O–H groups in total. The number of likely N-dealkylation sites (tertiary alicyclic amines) is 1. The topological polar surface area (TPSA) is 15.3 Å². The summed E-state index contributed by atoms with van der Waals surface area (Å²) in [5, 5.41) is 4.13. The number of nitrogens with zero attached hydrogens (tertiary/aromatic N) is 1. The first-order valence-electron chi connectivity index (χ1n) is 5.52. The highest BCUT2D eigenvalue weighted by atomic mass is 79.9. The van der Waals surface area contributed by atoms with Crippen molar-refractivity contribution in [3.63, 3.8) is 0 Å². The molecule has 1 heterocycles. The van der Waals surface area contributed by atoms with E-state index in [4.69, 9.17) is 11.6 Å². The van der Waals surface area contributed by atoms with E-state index in [0.717, 1.165) is 29.1 Å². The fourth-order valence-corrected chi connectivity index (χ4v) is 2.68. The van der Waals surface area contributed by atoms with Gasteiger partial charge in [0.1, 0.15) is 0 Å². The van der Waals surface area contributed by atoms with Crippen LogP contribution >= 0.6 is 39.9 Å². The predicted octanol–water partition coefficient (Wildman–Crippen LogP) is 3.32. The Morgan fingerprint density at radius 1 is 1.53 bits per heavy atom. The zero-order valence-corrected chi connectivity index (χ0v) is 12.9. The smallest absolute Gasteiger partial charge is 0.0410 e. The van der Waals surface area contributed by atoms with Gasteiger partial charge in [-0.15, -0.1) is 12.4 Å². The SMILES string of the molecule is CNC1CCN(Cc2cc(Cl)ccc2Br)C1.Cl. The maximum absolute atomic E-state index is 6.01. The van der Waals surface area contributed by atoms with Gasteiger partial charge in [-0.2, -0.15) is 0 Å². The van der Waals surface area contributed by atoms with Crippen molar-refractivity contribution in [3.05, 3.63) is 33.3 Å². The number of likely N-dealkylation sites (N-methyl/N-ethyl adjacent to an activating group) is 1. The van der Waals surface area contributed by atoms with Crippen LogP contribution in [0.3, 0.4) is 0 Å². The quantitative estimate of drug-likeness (QED) is 0.908. The van der Waals surface area contributed by atoms with Crippen LogP contribution in [-0.4, -0.2) is 31.1 Å². The maximum Gasteiger partial charge on any atom is 0.0410 e. The molecule has 0 radical (unpaired) electrons. The third kappa shape index (κ3) is 4.11. The monoisotopic (exact) mass is 338 g/mol. The predicted molar refractivity (Wildman–Crippen MR) is 79.1 cm³/mol. The summed E-state index contributed by atoms with van der Waals surface area (Å²) in [7, 11) is 2.03. The van der Waals surface area contributed by atoms with Crippen molar-refractivity contribution < 1.29 is 0 Å². The van der Waals surface area contributed by atoms with Gasteiger partial charge in [0.2, 0.25) is 0 Å². The molecule has 1 aromatic rings. The molecule has 1 unspecified atom stereocenters. The lowest BCUT2D eigenvalue weighted by Crippen LogP contribution is -2.29. The molecule has 2 rings (SSSR count). The van der Waals surface area contributed by atoms with E-state index >= 15 is 0 Å². The van der Waals surface area contributed by atoms with Crippen molar-refractivity contribution in [1.82, 2.24) is 10.2 Å². The summed E-state index contributed by atoms with van der Waals surface area (Å²) in [6.45, 7) is 3.25. The maximum atomic E-state index is 6.01. The van der Waals surface area contributed by atoms with Crippen molar-refractivity contribution >= 4 is 39.9 Å². The summed E-state index contributed by atoms with van der Waals surface area (Å²) in [5.74, 6) is 0. The van der Waals surface area contributed by atoms with Crippen LogP contribution in [0.25, 0.3) is 0 Å². The Morgan fingerprint density at radius 2 is 2.29 bits per heavy atom. The average Bonchev–Trinajstić information content (AvgIpc) is 2.71. The minimum atomic E-state index is 0. The molecule has 1 aromatic carbocycles. The molecule has 1 aliphatic rings. The molecule has 0 aliphatic carbocycles. The molecule has 2 nitrogen and oxygen atoms in total. The van der Waals surface area contributed by atoms with Crippen LogP contribution in [0.5, 0.6) is 0 Å². The van der Waals surface area contributed by atoms with Crippen LogP contribution in [-0.2, 0) is 6.54 Å². The minimum Gasteiger partial charge on any atom is -0.316 e. The second-order valence-corrected chi connectivity index (χ2v) is 5.54. The number of hydrogen-bond acceptors (Lipinski definition) is 2. The Balaban J connectivity index is 0.00000144. The fourth-order valence-electron chi connectivity index (χ4n) is 2.12. The Morgan fingerprint density at radius 3 is 2.94 bits per heavy atom. The number of rotatable bonds is 3. The van der Waals surface area contributed by atoms with Gasteiger partial charge in [0, 0.05) is 35.2 Å². The van der Waals surface area contributed by atoms with E-state index < -0.39 is 0 Å². The first-order valence-corrected chi connectivity index (χ1v) is 6.69. The number of benzene rings is 1. The van der Waals surface area contributed by atoms with Crippen molar-refractivity contribution in [1.29, 1.82) is 0 Å². The van der Waals surface area contributed by atoms with Gasteiger partial charge in [0.15, 0.2) is 0 Å². The van der Waals surface area contributed by atoms with Gasteiger partial charge in [0.25, 0.3) is 0 Å². The highest BCUT2D eigenvalue weighted by Crippen LogP contribution is 2.24. The van der Waals surface area contributed by atoms with Gasteiger partial charge in [0.05, 0.1) is 0 Å². The Labute approximate surface area is 122 Å². The Hall–Kier alpha value is 0.200. The van der Waals surface area contributed by atoms with Gasteiger partial charge in [-0.25, -0.2) is 0 Å². The summed E-state index contributed by atoms with van der Waals surface area (Å²) in [4.78, 5) is 2.46. The summed E-state index contributed by atoms with van der Waals surface area (Å²) in [5.41, 5.74) is 1.27. The largest absolute Gasteiger partial charge is 0.316 e. The van der Waals surface area contributed by atoms with Crippen molar-refractivity contribution in [3.8, 4) is 0 Å². The van der Waals surface area contributed by atoms with Crippen LogP contribution in [0.2, 0.25) is 5.02 Å². The first-order chi connectivity index (χ1) is 7.69. The lowest BCUT2D eigenvalue weighted by Gasteiger charge is -2.17. The zero-order valence-electron chi connectivity index (χ0n) is 9.75. The van der Waals surface area contributed by atoms with Crippen molar-refractivity contribution in [2.45, 2.75) is 19.0 Å². The summed E-state index contributed by atoms with van der Waals surface area (Å²) in [6, 6.07) is 6.61. The molecule has 0 spiro atoms. The second kappa shape index (κ2) is 6.95. The molecule has 0 bridgehead atoms. The summed E-state index contributed by atoms with van der Waals surface area (Å²) < 4.78 is 1.14. The molecule has 1 atom stereocenters. The first kappa shape index (κ1) is 15.3. The zero-order chi connectivity index (χ0) is 11.5. The average molecular weight is 340 g/mol. The fraction of sp³-hybridized carbons (Fsp3) is 0.500. The molecule has 0 aromatic heterocycles. The molecule has 5 heteroatoms. The lowest BCUT2D eigenvalue weighted by atomic mass is 10.2. The van der Waals surface area contributed by atoms with Crippen LogP contribution in [0.1, 0.15) is 12.0 Å². The van der Waals surface area contributed by atoms with Crippen molar-refractivity contribution in [2.24, 2.45) is 0 Å². The van der Waals surface area contributed by atoms with Crippen LogP contribution in [0.15, 0.2) is 22.7 Å². The molecule has 96 valence electrons. The molecular weight excluding hydrogens is 323 g/mol. The van der Waals surface area contributed by atoms with E-state index in [9.17, 15) is 0 Å². The molecule has 17 heavy (non-hydrogen) atoms. The van der Waals surface area contributed by atoms with E-state index in [-0.39, 0.29) is 12.4 Å². The van der Waals surface area contributed by atoms with E-state index in [2.05, 4.69) is 26.1 Å². The third-order valence-corrected chi connectivity index (χ3v) is 4.09. The van der Waals surface area contributed by atoms with Gasteiger partial charge in [-0.05, 0) is 37.2 Å². The molecular formula is C12H17BrCl2N2. The molecule has 0 saturated carbocycles. The lowest BCUT2D eigenvalue weighted by molar-refractivity contribution is 0.322. The Bertz CT molecular complexity index is 374. The van der Waals surface area contributed by atoms with Crippen LogP contribution in [0, 0.1) is 0 Å². The number of hydrogen-bond donors (Lipinski definition) is 1. The van der Waals surface area contributed by atoms with Gasteiger partial charge in [-0.1, -0.05) is 27.5 Å². The van der Waals surface area contributed by atoms with Crippen molar-refractivity contribution in [2.75, 3.05) is 20.1 Å². The molecule has 1 saturated heterocycles. The molecule has 0 amide bonds. The summed E-state index contributed by atoms with van der Waals surface area (Å²) in [6.07, 6.45) is 1.23. The number of halogens is 3.